The third-order valence-corrected chi connectivity index (χ3v) is 9.00. The lowest BCUT2D eigenvalue weighted by atomic mass is 10.0. The van der Waals surface area contributed by atoms with Crippen LogP contribution in [0.15, 0.2) is 127 Å². The van der Waals surface area contributed by atoms with Gasteiger partial charge in [0.15, 0.2) is 0 Å². The molecule has 0 aromatic heterocycles. The molecular formula is C36H38N4O4S. The SMILES string of the molecule is O=C(C=CC(CCc1ccccc1)NC(=O)C(Cc1ccccc1)NS(=O)(=O)Cc1ccccc1)NN1CCc2ccccc21. The van der Waals surface area contributed by atoms with Crippen LogP contribution in [0, 0.1) is 0 Å². The Bertz CT molecular complexity index is 1700. The minimum atomic E-state index is -3.85. The number of nitrogens with zero attached hydrogens (tertiary/aromatic N) is 1. The molecule has 4 aromatic rings. The number of anilines is 1. The molecule has 45 heavy (non-hydrogen) atoms. The zero-order valence-electron chi connectivity index (χ0n) is 25.0. The molecule has 1 heterocycles. The van der Waals surface area contributed by atoms with E-state index >= 15 is 0 Å². The molecule has 0 saturated carbocycles. The first-order chi connectivity index (χ1) is 21.8. The maximum Gasteiger partial charge on any atom is 0.262 e. The van der Waals surface area contributed by atoms with Crippen LogP contribution in [0.1, 0.15) is 28.7 Å². The van der Waals surface area contributed by atoms with Crippen LogP contribution in [0.2, 0.25) is 0 Å². The van der Waals surface area contributed by atoms with Crippen molar-refractivity contribution in [1.29, 1.82) is 0 Å². The Morgan fingerprint density at radius 1 is 0.778 bits per heavy atom. The molecule has 2 atom stereocenters. The van der Waals surface area contributed by atoms with Gasteiger partial charge in [-0.05, 0) is 54.0 Å². The average molecular weight is 623 g/mol. The summed E-state index contributed by atoms with van der Waals surface area (Å²) in [5.41, 5.74) is 7.61. The van der Waals surface area contributed by atoms with E-state index in [1.54, 1.807) is 30.3 Å². The molecule has 3 N–H and O–H groups in total. The van der Waals surface area contributed by atoms with Gasteiger partial charge >= 0.3 is 0 Å². The van der Waals surface area contributed by atoms with E-state index in [0.717, 1.165) is 23.2 Å². The second-order valence-corrected chi connectivity index (χ2v) is 12.9. The Balaban J connectivity index is 1.31. The molecule has 0 spiro atoms. The number of nitrogens with one attached hydrogen (secondary N) is 3. The summed E-state index contributed by atoms with van der Waals surface area (Å²) >= 11 is 0. The zero-order valence-corrected chi connectivity index (χ0v) is 25.8. The van der Waals surface area contributed by atoms with Gasteiger partial charge in [-0.2, -0.15) is 0 Å². The fourth-order valence-electron chi connectivity index (χ4n) is 5.38. The fourth-order valence-corrected chi connectivity index (χ4v) is 6.72. The lowest BCUT2D eigenvalue weighted by Gasteiger charge is -2.23. The van der Waals surface area contributed by atoms with Crippen molar-refractivity contribution >= 4 is 27.5 Å². The van der Waals surface area contributed by atoms with E-state index in [9.17, 15) is 18.0 Å². The van der Waals surface area contributed by atoms with Crippen LogP contribution in [-0.4, -0.2) is 38.9 Å². The molecular weight excluding hydrogens is 584 g/mol. The number of sulfonamides is 1. The standard InChI is InChI=1S/C36H38N4O4S/c41-35(38-40-25-24-31-18-10-11-19-34(31)40)23-22-32(21-20-28-12-4-1-5-13-28)37-36(42)33(26-29-14-6-2-7-15-29)39-45(43,44)27-30-16-8-3-9-17-30/h1-19,22-23,32-33,39H,20-21,24-27H2,(H,37,42)(H,38,41). The van der Waals surface area contributed by atoms with Crippen LogP contribution in [0.4, 0.5) is 5.69 Å². The number of para-hydroxylation sites is 1. The van der Waals surface area contributed by atoms with Crippen molar-refractivity contribution in [2.75, 3.05) is 11.6 Å². The van der Waals surface area contributed by atoms with E-state index in [1.165, 1.54) is 11.6 Å². The first-order valence-corrected chi connectivity index (χ1v) is 16.8. The average Bonchev–Trinajstić information content (AvgIpc) is 3.45. The molecule has 5 rings (SSSR count). The molecule has 9 heteroatoms. The molecule has 2 unspecified atom stereocenters. The summed E-state index contributed by atoms with van der Waals surface area (Å²) in [5, 5.41) is 4.84. The van der Waals surface area contributed by atoms with E-state index in [1.807, 2.05) is 96.0 Å². The molecule has 0 aliphatic carbocycles. The minimum absolute atomic E-state index is 0.171. The molecule has 232 valence electrons. The van der Waals surface area contributed by atoms with E-state index in [0.29, 0.717) is 24.9 Å². The summed E-state index contributed by atoms with van der Waals surface area (Å²) in [5.74, 6) is -1.02. The van der Waals surface area contributed by atoms with Crippen LogP contribution in [-0.2, 0) is 44.6 Å². The van der Waals surface area contributed by atoms with Gasteiger partial charge in [0.2, 0.25) is 15.9 Å². The molecule has 1 aliphatic rings. The van der Waals surface area contributed by atoms with Gasteiger partial charge < -0.3 is 5.32 Å². The highest BCUT2D eigenvalue weighted by atomic mass is 32.2. The molecule has 8 nitrogen and oxygen atoms in total. The van der Waals surface area contributed by atoms with Crippen molar-refractivity contribution in [3.05, 3.63) is 150 Å². The highest BCUT2D eigenvalue weighted by Gasteiger charge is 2.27. The number of carbonyl (C=O) groups is 2. The summed E-state index contributed by atoms with van der Waals surface area (Å²) < 4.78 is 29.1. The summed E-state index contributed by atoms with van der Waals surface area (Å²) in [7, 11) is -3.85. The molecule has 0 fully saturated rings. The van der Waals surface area contributed by atoms with Gasteiger partial charge in [-0.15, -0.1) is 0 Å². The van der Waals surface area contributed by atoms with Crippen LogP contribution in [0.25, 0.3) is 0 Å². The summed E-state index contributed by atoms with van der Waals surface area (Å²) in [6.45, 7) is 0.678. The summed E-state index contributed by atoms with van der Waals surface area (Å²) in [6, 6.07) is 34.4. The number of fused-ring (bicyclic) bond motifs is 1. The van der Waals surface area contributed by atoms with Crippen molar-refractivity contribution in [2.24, 2.45) is 0 Å². The molecule has 4 aromatic carbocycles. The monoisotopic (exact) mass is 622 g/mol. The third kappa shape index (κ3) is 9.63. The number of benzene rings is 4. The number of carbonyl (C=O) groups excluding carboxylic acids is 2. The number of hydrogen-bond acceptors (Lipinski definition) is 5. The predicted molar refractivity (Wildman–Crippen MR) is 178 cm³/mol. The third-order valence-electron chi connectivity index (χ3n) is 7.65. The molecule has 0 bridgehead atoms. The van der Waals surface area contributed by atoms with E-state index in [2.05, 4.69) is 15.5 Å². The van der Waals surface area contributed by atoms with Gasteiger partial charge in [-0.1, -0.05) is 115 Å². The smallest absolute Gasteiger partial charge is 0.262 e. The van der Waals surface area contributed by atoms with Gasteiger partial charge in [-0.3, -0.25) is 20.0 Å². The van der Waals surface area contributed by atoms with Crippen LogP contribution >= 0.6 is 0 Å². The van der Waals surface area contributed by atoms with Gasteiger partial charge in [0.25, 0.3) is 5.91 Å². The molecule has 0 saturated heterocycles. The van der Waals surface area contributed by atoms with E-state index in [4.69, 9.17) is 0 Å². The van der Waals surface area contributed by atoms with Crippen molar-refractivity contribution in [3.8, 4) is 0 Å². The van der Waals surface area contributed by atoms with Crippen molar-refractivity contribution in [3.63, 3.8) is 0 Å². The largest absolute Gasteiger partial charge is 0.348 e. The lowest BCUT2D eigenvalue weighted by molar-refractivity contribution is -0.123. The highest BCUT2D eigenvalue weighted by molar-refractivity contribution is 7.88. The summed E-state index contributed by atoms with van der Waals surface area (Å²) in [6.07, 6.45) is 5.30. The Hall–Kier alpha value is -4.73. The van der Waals surface area contributed by atoms with Crippen molar-refractivity contribution in [1.82, 2.24) is 15.5 Å². The van der Waals surface area contributed by atoms with Gasteiger partial charge in [0.1, 0.15) is 6.04 Å². The first kappa shape index (κ1) is 31.7. The molecule has 0 radical (unpaired) electrons. The second kappa shape index (κ2) is 15.3. The van der Waals surface area contributed by atoms with Crippen molar-refractivity contribution < 1.29 is 18.0 Å². The van der Waals surface area contributed by atoms with E-state index < -0.39 is 28.0 Å². The molecule has 2 amide bonds. The summed E-state index contributed by atoms with van der Waals surface area (Å²) in [4.78, 5) is 26.7. The van der Waals surface area contributed by atoms with Gasteiger partial charge in [0.05, 0.1) is 11.4 Å². The number of aryl methyl sites for hydroxylation is 1. The van der Waals surface area contributed by atoms with Gasteiger partial charge in [0, 0.05) is 18.7 Å². The van der Waals surface area contributed by atoms with Crippen LogP contribution < -0.4 is 20.5 Å². The normalized spacial score (nSPS) is 14.1. The minimum Gasteiger partial charge on any atom is -0.348 e. The predicted octanol–water partition coefficient (Wildman–Crippen LogP) is 4.49. The Morgan fingerprint density at radius 2 is 1.38 bits per heavy atom. The number of hydrazine groups is 1. The van der Waals surface area contributed by atoms with Crippen LogP contribution in [0.3, 0.4) is 0 Å². The Kier molecular flexibility index (Phi) is 10.8. The second-order valence-electron chi connectivity index (χ2n) is 11.1. The van der Waals surface area contributed by atoms with Crippen molar-refractivity contribution in [2.45, 2.75) is 43.5 Å². The number of hydrogen-bond donors (Lipinski definition) is 3. The quantitative estimate of drug-likeness (QED) is 0.180. The Labute approximate surface area is 265 Å². The fraction of sp³-hybridized carbons (Fsp3) is 0.222. The lowest BCUT2D eigenvalue weighted by Crippen LogP contribution is -2.50. The topological polar surface area (TPSA) is 108 Å². The van der Waals surface area contributed by atoms with Gasteiger partial charge in [-0.25, -0.2) is 13.1 Å². The highest BCUT2D eigenvalue weighted by Crippen LogP contribution is 2.25. The van der Waals surface area contributed by atoms with E-state index in [-0.39, 0.29) is 18.1 Å². The Morgan fingerprint density at radius 3 is 2.07 bits per heavy atom. The zero-order chi connectivity index (χ0) is 31.5. The van der Waals surface area contributed by atoms with Crippen LogP contribution in [0.5, 0.6) is 0 Å². The number of rotatable bonds is 14. The first-order valence-electron chi connectivity index (χ1n) is 15.1. The number of amides is 2. The maximum atomic E-state index is 13.8. The molecule has 1 aliphatic heterocycles. The maximum absolute atomic E-state index is 13.8.